The van der Waals surface area contributed by atoms with Crippen LogP contribution in [0.25, 0.3) is 0 Å². The van der Waals surface area contributed by atoms with Crippen molar-refractivity contribution < 1.29 is 9.13 Å². The summed E-state index contributed by atoms with van der Waals surface area (Å²) in [5, 5.41) is 3.65. The first-order chi connectivity index (χ1) is 9.70. The van der Waals surface area contributed by atoms with E-state index in [9.17, 15) is 4.39 Å². The summed E-state index contributed by atoms with van der Waals surface area (Å²) in [6.45, 7) is 0.770. The van der Waals surface area contributed by atoms with Crippen molar-refractivity contribution in [2.45, 2.75) is 25.4 Å². The SMILES string of the molecule is Fc1ccc(Oc2cncc(CNC3CC3)c2)c(Cl)c1. The number of hydrogen-bond acceptors (Lipinski definition) is 3. The van der Waals surface area contributed by atoms with E-state index in [1.807, 2.05) is 6.07 Å². The number of nitrogens with one attached hydrogen (secondary N) is 1. The molecule has 3 nitrogen and oxygen atoms in total. The van der Waals surface area contributed by atoms with E-state index in [2.05, 4.69) is 10.3 Å². The highest BCUT2D eigenvalue weighted by Crippen LogP contribution is 2.29. The number of aromatic nitrogens is 1. The molecule has 3 rings (SSSR count). The quantitative estimate of drug-likeness (QED) is 0.907. The van der Waals surface area contributed by atoms with Crippen LogP contribution in [0.3, 0.4) is 0 Å². The van der Waals surface area contributed by atoms with E-state index in [0.717, 1.165) is 12.1 Å². The molecule has 0 saturated heterocycles. The summed E-state index contributed by atoms with van der Waals surface area (Å²) in [7, 11) is 0. The molecule has 1 saturated carbocycles. The summed E-state index contributed by atoms with van der Waals surface area (Å²) >= 11 is 5.93. The third-order valence-electron chi connectivity index (χ3n) is 3.06. The van der Waals surface area contributed by atoms with Crippen molar-refractivity contribution in [3.63, 3.8) is 0 Å². The van der Waals surface area contributed by atoms with Gasteiger partial charge in [0.1, 0.15) is 17.3 Å². The third-order valence-corrected chi connectivity index (χ3v) is 3.36. The number of halogens is 2. The highest BCUT2D eigenvalue weighted by molar-refractivity contribution is 6.32. The van der Waals surface area contributed by atoms with Crippen LogP contribution < -0.4 is 10.1 Å². The molecule has 1 heterocycles. The highest BCUT2D eigenvalue weighted by Gasteiger charge is 2.20. The average Bonchev–Trinajstić information content (AvgIpc) is 3.24. The second-order valence-corrected chi connectivity index (χ2v) is 5.27. The molecule has 0 bridgehead atoms. The Bertz CT molecular complexity index is 617. The van der Waals surface area contributed by atoms with Crippen LogP contribution in [-0.4, -0.2) is 11.0 Å². The predicted octanol–water partition coefficient (Wildman–Crippen LogP) is 3.92. The van der Waals surface area contributed by atoms with Gasteiger partial charge in [-0.05, 0) is 42.7 Å². The lowest BCUT2D eigenvalue weighted by Crippen LogP contribution is -2.15. The van der Waals surface area contributed by atoms with Crippen LogP contribution in [0.4, 0.5) is 4.39 Å². The second-order valence-electron chi connectivity index (χ2n) is 4.86. The van der Waals surface area contributed by atoms with Gasteiger partial charge in [0.15, 0.2) is 0 Å². The monoisotopic (exact) mass is 292 g/mol. The molecule has 1 aliphatic carbocycles. The highest BCUT2D eigenvalue weighted by atomic mass is 35.5. The number of nitrogens with zero attached hydrogens (tertiary/aromatic N) is 1. The zero-order chi connectivity index (χ0) is 13.9. The molecule has 1 aliphatic rings. The van der Waals surface area contributed by atoms with Crippen molar-refractivity contribution in [3.05, 3.63) is 53.1 Å². The lowest BCUT2D eigenvalue weighted by atomic mass is 10.2. The molecule has 0 aliphatic heterocycles. The topological polar surface area (TPSA) is 34.1 Å². The maximum absolute atomic E-state index is 13.0. The van der Waals surface area contributed by atoms with E-state index in [1.54, 1.807) is 12.4 Å². The minimum Gasteiger partial charge on any atom is -0.454 e. The zero-order valence-electron chi connectivity index (χ0n) is 10.8. The molecule has 0 atom stereocenters. The van der Waals surface area contributed by atoms with Gasteiger partial charge in [0, 0.05) is 18.8 Å². The van der Waals surface area contributed by atoms with Crippen LogP contribution in [0, 0.1) is 5.82 Å². The van der Waals surface area contributed by atoms with Crippen LogP contribution in [0.1, 0.15) is 18.4 Å². The van der Waals surface area contributed by atoms with Gasteiger partial charge in [0.2, 0.25) is 0 Å². The molecule has 1 fully saturated rings. The summed E-state index contributed by atoms with van der Waals surface area (Å²) in [6.07, 6.45) is 5.90. The van der Waals surface area contributed by atoms with Gasteiger partial charge in [0.25, 0.3) is 0 Å². The van der Waals surface area contributed by atoms with Crippen LogP contribution >= 0.6 is 11.6 Å². The Morgan fingerprint density at radius 2 is 2.15 bits per heavy atom. The summed E-state index contributed by atoms with van der Waals surface area (Å²) < 4.78 is 18.6. The van der Waals surface area contributed by atoms with Crippen molar-refractivity contribution in [3.8, 4) is 11.5 Å². The molecular weight excluding hydrogens is 279 g/mol. The fourth-order valence-electron chi connectivity index (χ4n) is 1.85. The van der Waals surface area contributed by atoms with E-state index >= 15 is 0 Å². The molecule has 0 unspecified atom stereocenters. The Morgan fingerprint density at radius 3 is 2.90 bits per heavy atom. The van der Waals surface area contributed by atoms with Crippen molar-refractivity contribution in [2.24, 2.45) is 0 Å². The maximum atomic E-state index is 13.0. The lowest BCUT2D eigenvalue weighted by molar-refractivity contribution is 0.477. The van der Waals surface area contributed by atoms with Crippen molar-refractivity contribution in [2.75, 3.05) is 0 Å². The molecule has 2 aromatic rings. The first-order valence-corrected chi connectivity index (χ1v) is 6.89. The van der Waals surface area contributed by atoms with Gasteiger partial charge < -0.3 is 10.1 Å². The first-order valence-electron chi connectivity index (χ1n) is 6.51. The van der Waals surface area contributed by atoms with Crippen LogP contribution in [0.5, 0.6) is 11.5 Å². The molecule has 1 aromatic heterocycles. The van der Waals surface area contributed by atoms with Crippen LogP contribution in [0.2, 0.25) is 5.02 Å². The van der Waals surface area contributed by atoms with E-state index in [-0.39, 0.29) is 10.8 Å². The van der Waals surface area contributed by atoms with Gasteiger partial charge in [-0.2, -0.15) is 0 Å². The number of hydrogen-bond donors (Lipinski definition) is 1. The summed E-state index contributed by atoms with van der Waals surface area (Å²) in [6, 6.07) is 6.59. The molecule has 5 heteroatoms. The molecule has 0 spiro atoms. The molecule has 0 radical (unpaired) electrons. The molecule has 20 heavy (non-hydrogen) atoms. The summed E-state index contributed by atoms with van der Waals surface area (Å²) in [5.41, 5.74) is 1.05. The number of rotatable bonds is 5. The van der Waals surface area contributed by atoms with Crippen molar-refractivity contribution in [1.82, 2.24) is 10.3 Å². The smallest absolute Gasteiger partial charge is 0.146 e. The van der Waals surface area contributed by atoms with E-state index in [0.29, 0.717) is 17.5 Å². The average molecular weight is 293 g/mol. The largest absolute Gasteiger partial charge is 0.454 e. The second kappa shape index (κ2) is 5.77. The molecule has 1 N–H and O–H groups in total. The summed E-state index contributed by atoms with van der Waals surface area (Å²) in [4.78, 5) is 4.14. The van der Waals surface area contributed by atoms with E-state index < -0.39 is 0 Å². The Hall–Kier alpha value is -1.65. The zero-order valence-corrected chi connectivity index (χ0v) is 11.5. The van der Waals surface area contributed by atoms with Gasteiger partial charge >= 0.3 is 0 Å². The Labute approximate surface area is 121 Å². The number of pyridine rings is 1. The summed E-state index contributed by atoms with van der Waals surface area (Å²) in [5.74, 6) is 0.624. The fourth-order valence-corrected chi connectivity index (χ4v) is 2.06. The molecule has 104 valence electrons. The van der Waals surface area contributed by atoms with Gasteiger partial charge in [0.05, 0.1) is 11.2 Å². The Kier molecular flexibility index (Phi) is 3.85. The molecular formula is C15H14ClFN2O. The third kappa shape index (κ3) is 3.46. The van der Waals surface area contributed by atoms with E-state index in [1.165, 1.54) is 31.0 Å². The maximum Gasteiger partial charge on any atom is 0.146 e. The van der Waals surface area contributed by atoms with Gasteiger partial charge in [-0.15, -0.1) is 0 Å². The lowest BCUT2D eigenvalue weighted by Gasteiger charge is -2.09. The predicted molar refractivity (Wildman–Crippen MR) is 75.6 cm³/mol. The fraction of sp³-hybridized carbons (Fsp3) is 0.267. The van der Waals surface area contributed by atoms with Gasteiger partial charge in [-0.1, -0.05) is 11.6 Å². The van der Waals surface area contributed by atoms with Crippen LogP contribution in [0.15, 0.2) is 36.7 Å². The molecule has 0 amide bonds. The Morgan fingerprint density at radius 1 is 1.30 bits per heavy atom. The standard InChI is InChI=1S/C15H14ClFN2O/c16-14-6-11(17)1-4-15(14)20-13-5-10(7-18-9-13)8-19-12-2-3-12/h1,4-7,9,12,19H,2-3,8H2. The minimum atomic E-state index is -0.386. The van der Waals surface area contributed by atoms with Crippen LogP contribution in [-0.2, 0) is 6.54 Å². The normalized spacial score (nSPS) is 14.3. The number of benzene rings is 1. The Balaban J connectivity index is 1.70. The molecule has 1 aromatic carbocycles. The minimum absolute atomic E-state index is 0.242. The first kappa shape index (κ1) is 13.3. The van der Waals surface area contributed by atoms with Gasteiger partial charge in [-0.3, -0.25) is 4.98 Å². The van der Waals surface area contributed by atoms with Crippen molar-refractivity contribution in [1.29, 1.82) is 0 Å². The number of ether oxygens (including phenoxy) is 1. The van der Waals surface area contributed by atoms with Gasteiger partial charge in [-0.25, -0.2) is 4.39 Å². The van der Waals surface area contributed by atoms with Crippen molar-refractivity contribution >= 4 is 11.6 Å². The van der Waals surface area contributed by atoms with E-state index in [4.69, 9.17) is 16.3 Å².